The molecule has 31 heavy (non-hydrogen) atoms. The number of para-hydroxylation sites is 1. The van der Waals surface area contributed by atoms with Gasteiger partial charge in [0, 0.05) is 42.0 Å². The molecule has 0 radical (unpaired) electrons. The Balaban J connectivity index is 1.40. The number of anilines is 2. The average molecular weight is 435 g/mol. The van der Waals surface area contributed by atoms with Gasteiger partial charge >= 0.3 is 0 Å². The molecule has 0 bridgehead atoms. The topological polar surface area (TPSA) is 67.4 Å². The fourth-order valence-corrected chi connectivity index (χ4v) is 4.14. The van der Waals surface area contributed by atoms with Crippen LogP contribution in [0, 0.1) is 12.8 Å². The zero-order valence-electron chi connectivity index (χ0n) is 17.7. The Bertz CT molecular complexity index is 1050. The van der Waals surface area contributed by atoms with E-state index in [1.54, 1.807) is 24.2 Å². The number of amides is 1. The molecule has 1 aromatic heterocycles. The van der Waals surface area contributed by atoms with Gasteiger partial charge < -0.3 is 15.0 Å². The van der Waals surface area contributed by atoms with Gasteiger partial charge in [-0.25, -0.2) is 9.97 Å². The van der Waals surface area contributed by atoms with E-state index in [1.807, 2.05) is 61.7 Å². The molecule has 4 rings (SSSR count). The van der Waals surface area contributed by atoms with Crippen molar-refractivity contribution >= 4 is 29.2 Å². The van der Waals surface area contributed by atoms with Crippen molar-refractivity contribution in [2.75, 3.05) is 29.6 Å². The zero-order chi connectivity index (χ0) is 21.6. The summed E-state index contributed by atoms with van der Waals surface area (Å²) in [7, 11) is 0. The molecule has 0 saturated carbocycles. The Hall–Kier alpha value is -3.06. The second-order valence-corrected chi connectivity index (χ2v) is 8.41. The monoisotopic (exact) mass is 434 g/mol. The highest BCUT2D eigenvalue weighted by atomic mass is 32.2. The van der Waals surface area contributed by atoms with E-state index in [4.69, 9.17) is 4.74 Å². The number of carbonyl (C=O) groups is 1. The second kappa shape index (κ2) is 9.83. The van der Waals surface area contributed by atoms with Gasteiger partial charge in [-0.05, 0) is 55.9 Å². The lowest BCUT2D eigenvalue weighted by Crippen LogP contribution is -2.38. The molecule has 0 atom stereocenters. The minimum absolute atomic E-state index is 0.0217. The molecule has 2 heterocycles. The third kappa shape index (κ3) is 5.17. The van der Waals surface area contributed by atoms with E-state index in [9.17, 15) is 4.79 Å². The lowest BCUT2D eigenvalue weighted by Gasteiger charge is -2.32. The van der Waals surface area contributed by atoms with Gasteiger partial charge in [0.1, 0.15) is 5.75 Å². The Morgan fingerprint density at radius 2 is 1.87 bits per heavy atom. The van der Waals surface area contributed by atoms with Crippen LogP contribution in [0.3, 0.4) is 0 Å². The first kappa shape index (κ1) is 21.2. The van der Waals surface area contributed by atoms with Crippen molar-refractivity contribution in [2.24, 2.45) is 5.92 Å². The average Bonchev–Trinajstić information content (AvgIpc) is 2.81. The Morgan fingerprint density at radius 1 is 1.10 bits per heavy atom. The minimum atomic E-state index is -0.0217. The largest absolute Gasteiger partial charge is 0.436 e. The highest BCUT2D eigenvalue weighted by molar-refractivity contribution is 7.98. The summed E-state index contributed by atoms with van der Waals surface area (Å²) >= 11 is 1.66. The van der Waals surface area contributed by atoms with Crippen molar-refractivity contribution in [3.63, 3.8) is 0 Å². The number of rotatable bonds is 6. The molecule has 2 aromatic carbocycles. The number of thioether (sulfide) groups is 1. The van der Waals surface area contributed by atoms with E-state index in [-0.39, 0.29) is 11.8 Å². The van der Waals surface area contributed by atoms with Crippen LogP contribution in [0.1, 0.15) is 18.4 Å². The molecule has 1 amide bonds. The van der Waals surface area contributed by atoms with Crippen molar-refractivity contribution in [1.82, 2.24) is 9.97 Å². The minimum Gasteiger partial charge on any atom is -0.436 e. The van der Waals surface area contributed by atoms with Crippen molar-refractivity contribution < 1.29 is 9.53 Å². The predicted octanol–water partition coefficient (Wildman–Crippen LogP) is 5.15. The maximum Gasteiger partial charge on any atom is 0.263 e. The van der Waals surface area contributed by atoms with Crippen LogP contribution in [0.2, 0.25) is 0 Å². The first-order valence-electron chi connectivity index (χ1n) is 10.4. The summed E-state index contributed by atoms with van der Waals surface area (Å²) in [5.41, 5.74) is 1.89. The first-order valence-corrected chi connectivity index (χ1v) is 11.6. The van der Waals surface area contributed by atoms with Crippen molar-refractivity contribution in [3.8, 4) is 11.6 Å². The zero-order valence-corrected chi connectivity index (χ0v) is 18.6. The van der Waals surface area contributed by atoms with E-state index in [1.165, 1.54) is 0 Å². The highest BCUT2D eigenvalue weighted by Crippen LogP contribution is 2.32. The van der Waals surface area contributed by atoms with E-state index >= 15 is 0 Å². The molecule has 0 unspecified atom stereocenters. The van der Waals surface area contributed by atoms with Crippen LogP contribution < -0.4 is 15.0 Å². The van der Waals surface area contributed by atoms with Crippen LogP contribution in [0.25, 0.3) is 0 Å². The molecule has 1 N–H and O–H groups in total. The van der Waals surface area contributed by atoms with Crippen LogP contribution >= 0.6 is 11.8 Å². The number of nitrogens with zero attached hydrogens (tertiary/aromatic N) is 3. The number of aryl methyl sites for hydroxylation is 1. The molecule has 160 valence electrons. The number of carbonyl (C=O) groups excluding carboxylic acids is 1. The van der Waals surface area contributed by atoms with Crippen molar-refractivity contribution in [3.05, 3.63) is 66.5 Å². The smallest absolute Gasteiger partial charge is 0.263 e. The lowest BCUT2D eigenvalue weighted by molar-refractivity contribution is -0.120. The quantitative estimate of drug-likeness (QED) is 0.541. The first-order chi connectivity index (χ1) is 15.1. The van der Waals surface area contributed by atoms with Crippen LogP contribution in [0.5, 0.6) is 11.6 Å². The molecular formula is C24H26N4O2S. The summed E-state index contributed by atoms with van der Waals surface area (Å²) < 4.78 is 6.07. The molecule has 1 aliphatic heterocycles. The summed E-state index contributed by atoms with van der Waals surface area (Å²) in [5, 5.41) is 3.07. The number of hydrogen-bond donors (Lipinski definition) is 1. The molecule has 1 fully saturated rings. The van der Waals surface area contributed by atoms with Crippen molar-refractivity contribution in [1.29, 1.82) is 0 Å². The molecule has 6 nitrogen and oxygen atoms in total. The second-order valence-electron chi connectivity index (χ2n) is 7.54. The molecule has 7 heteroatoms. The number of hydrogen-bond acceptors (Lipinski definition) is 6. The van der Waals surface area contributed by atoms with Crippen LogP contribution in [0.4, 0.5) is 11.5 Å². The third-order valence-corrected chi connectivity index (χ3v) is 6.17. The van der Waals surface area contributed by atoms with Crippen LogP contribution in [-0.4, -0.2) is 35.2 Å². The number of ether oxygens (including phenoxy) is 1. The van der Waals surface area contributed by atoms with Crippen LogP contribution in [0.15, 0.2) is 65.8 Å². The summed E-state index contributed by atoms with van der Waals surface area (Å²) in [5.74, 6) is 2.04. The Kier molecular flexibility index (Phi) is 6.72. The summed E-state index contributed by atoms with van der Waals surface area (Å²) in [6.45, 7) is 3.46. The van der Waals surface area contributed by atoms with E-state index in [0.717, 1.165) is 53.6 Å². The van der Waals surface area contributed by atoms with Gasteiger partial charge in [-0.1, -0.05) is 24.3 Å². The number of nitrogens with one attached hydrogen (secondary N) is 1. The Labute approximate surface area is 187 Å². The normalized spacial score (nSPS) is 14.3. The lowest BCUT2D eigenvalue weighted by atomic mass is 9.96. The summed E-state index contributed by atoms with van der Waals surface area (Å²) in [4.78, 5) is 25.0. The van der Waals surface area contributed by atoms with Gasteiger partial charge in [0.05, 0.1) is 0 Å². The predicted molar refractivity (Wildman–Crippen MR) is 125 cm³/mol. The van der Waals surface area contributed by atoms with Gasteiger partial charge in [0.15, 0.2) is 5.82 Å². The standard InChI is InChI=1S/C24H26N4O2S/c1-17-6-3-4-9-21(17)30-24-22(25-12-13-26-24)28-14-10-18(11-15-28)23(29)27-19-7-5-8-20(16-19)31-2/h3-9,12-13,16,18H,10-11,14-15H2,1-2H3,(H,27,29). The summed E-state index contributed by atoms with van der Waals surface area (Å²) in [6, 6.07) is 15.8. The third-order valence-electron chi connectivity index (χ3n) is 5.45. The van der Waals surface area contributed by atoms with Gasteiger partial charge in [-0.15, -0.1) is 11.8 Å². The van der Waals surface area contributed by atoms with Crippen molar-refractivity contribution in [2.45, 2.75) is 24.7 Å². The fourth-order valence-electron chi connectivity index (χ4n) is 3.68. The van der Waals surface area contributed by atoms with E-state index < -0.39 is 0 Å². The number of benzene rings is 2. The molecule has 1 aliphatic rings. The molecule has 3 aromatic rings. The van der Waals surface area contributed by atoms with E-state index in [2.05, 4.69) is 20.2 Å². The maximum atomic E-state index is 12.8. The van der Waals surface area contributed by atoms with Crippen LogP contribution in [-0.2, 0) is 4.79 Å². The van der Waals surface area contributed by atoms with Gasteiger partial charge in [-0.2, -0.15) is 0 Å². The molecule has 1 saturated heterocycles. The molecule has 0 spiro atoms. The number of aromatic nitrogens is 2. The maximum absolute atomic E-state index is 12.8. The van der Waals surface area contributed by atoms with E-state index in [0.29, 0.717) is 5.88 Å². The molecule has 0 aliphatic carbocycles. The summed E-state index contributed by atoms with van der Waals surface area (Å²) in [6.07, 6.45) is 6.86. The van der Waals surface area contributed by atoms with Gasteiger partial charge in [0.25, 0.3) is 5.88 Å². The number of piperidine rings is 1. The Morgan fingerprint density at radius 3 is 2.65 bits per heavy atom. The van der Waals surface area contributed by atoms with Gasteiger partial charge in [0.2, 0.25) is 5.91 Å². The fraction of sp³-hybridized carbons (Fsp3) is 0.292. The molecular weight excluding hydrogens is 408 g/mol. The highest BCUT2D eigenvalue weighted by Gasteiger charge is 2.27. The SMILES string of the molecule is CSc1cccc(NC(=O)C2CCN(c3nccnc3Oc3ccccc3C)CC2)c1. The van der Waals surface area contributed by atoms with Gasteiger partial charge in [-0.3, -0.25) is 4.79 Å².